The van der Waals surface area contributed by atoms with Crippen molar-refractivity contribution in [1.29, 1.82) is 0 Å². The van der Waals surface area contributed by atoms with Crippen LogP contribution in [-0.2, 0) is 0 Å². The van der Waals surface area contributed by atoms with Crippen molar-refractivity contribution in [3.63, 3.8) is 0 Å². The van der Waals surface area contributed by atoms with E-state index in [1.54, 1.807) is 11.9 Å². The number of rotatable bonds is 0. The number of hydrogen-bond donors (Lipinski definition) is 1. The molecule has 0 atom stereocenters. The van der Waals surface area contributed by atoms with E-state index in [1.165, 1.54) is 12.8 Å². The molecule has 1 N–H and O–H groups in total. The first kappa shape index (κ1) is 11.5. The molecule has 1 aromatic heterocycles. The summed E-state index contributed by atoms with van der Waals surface area (Å²) in [6.07, 6.45) is 4.66. The Labute approximate surface area is 119 Å². The van der Waals surface area contributed by atoms with E-state index >= 15 is 0 Å². The van der Waals surface area contributed by atoms with E-state index in [2.05, 4.69) is 30.8 Å². The predicted molar refractivity (Wildman–Crippen MR) is 74.4 cm³/mol. The number of halogens is 1. The molecular formula is C12H14BrN5O. The Morgan fingerprint density at radius 1 is 1.37 bits per heavy atom. The zero-order chi connectivity index (χ0) is 13.2. The average Bonchev–Trinajstić information content (AvgIpc) is 3.06. The molecule has 2 aliphatic heterocycles. The molecule has 3 aliphatic rings. The summed E-state index contributed by atoms with van der Waals surface area (Å²) in [6.45, 7) is 0.838. The van der Waals surface area contributed by atoms with Crippen LogP contribution in [0.3, 0.4) is 0 Å². The highest BCUT2D eigenvalue weighted by Crippen LogP contribution is 2.41. The van der Waals surface area contributed by atoms with Gasteiger partial charge in [-0.15, -0.1) is 0 Å². The topological polar surface area (TPSA) is 64.6 Å². The average molecular weight is 324 g/mol. The molecule has 4 rings (SSSR count). The summed E-state index contributed by atoms with van der Waals surface area (Å²) >= 11 is 3.31. The molecule has 0 saturated heterocycles. The summed E-state index contributed by atoms with van der Waals surface area (Å²) in [4.78, 5) is 28.2. The smallest absolute Gasteiger partial charge is 0.280 e. The van der Waals surface area contributed by atoms with Crippen molar-refractivity contribution in [2.75, 3.05) is 18.5 Å². The number of carbonyl (C=O) groups is 1. The van der Waals surface area contributed by atoms with Gasteiger partial charge in [-0.3, -0.25) is 14.6 Å². The summed E-state index contributed by atoms with van der Waals surface area (Å²) in [6, 6.07) is 0. The number of nitrogens with one attached hydrogen (secondary N) is 1. The SMILES string of the molecule is CN1C(=O)c2[nH]c(Br)nc2N2CC3(CCCC3)N=C12. The Morgan fingerprint density at radius 3 is 2.84 bits per heavy atom. The zero-order valence-corrected chi connectivity index (χ0v) is 12.2. The van der Waals surface area contributed by atoms with Crippen LogP contribution >= 0.6 is 15.9 Å². The summed E-state index contributed by atoms with van der Waals surface area (Å²) < 4.78 is 0.591. The number of imidazole rings is 1. The number of H-pyrrole nitrogens is 1. The minimum Gasteiger partial charge on any atom is -0.327 e. The van der Waals surface area contributed by atoms with E-state index in [9.17, 15) is 4.79 Å². The van der Waals surface area contributed by atoms with Crippen molar-refractivity contribution in [2.45, 2.75) is 31.2 Å². The molecule has 1 aliphatic carbocycles. The van der Waals surface area contributed by atoms with E-state index < -0.39 is 0 Å². The molecule has 1 saturated carbocycles. The van der Waals surface area contributed by atoms with Gasteiger partial charge in [0.25, 0.3) is 5.91 Å². The first-order valence-corrected chi connectivity index (χ1v) is 7.30. The van der Waals surface area contributed by atoms with Gasteiger partial charge in [0.2, 0.25) is 5.96 Å². The van der Waals surface area contributed by atoms with Crippen LogP contribution < -0.4 is 4.90 Å². The third-order valence-corrected chi connectivity index (χ3v) is 4.67. The highest BCUT2D eigenvalue weighted by atomic mass is 79.9. The minimum absolute atomic E-state index is 0.00307. The summed E-state index contributed by atoms with van der Waals surface area (Å²) in [5.41, 5.74) is 0.542. The van der Waals surface area contributed by atoms with E-state index in [4.69, 9.17) is 4.99 Å². The fourth-order valence-electron chi connectivity index (χ4n) is 3.34. The second-order valence-corrected chi connectivity index (χ2v) is 6.27. The highest BCUT2D eigenvalue weighted by Gasteiger charge is 2.48. The van der Waals surface area contributed by atoms with Crippen LogP contribution in [-0.4, -0.2) is 45.9 Å². The second-order valence-electron chi connectivity index (χ2n) is 5.52. The molecule has 7 heteroatoms. The Hall–Kier alpha value is -1.37. The molecule has 0 radical (unpaired) electrons. The largest absolute Gasteiger partial charge is 0.327 e. The maximum absolute atomic E-state index is 12.3. The van der Waals surface area contributed by atoms with Crippen LogP contribution in [0.4, 0.5) is 5.82 Å². The van der Waals surface area contributed by atoms with Gasteiger partial charge in [-0.1, -0.05) is 12.8 Å². The normalized spacial score (nSPS) is 23.9. The number of fused-ring (bicyclic) bond motifs is 3. The van der Waals surface area contributed by atoms with Crippen molar-refractivity contribution in [1.82, 2.24) is 14.9 Å². The van der Waals surface area contributed by atoms with Crippen LogP contribution in [0.5, 0.6) is 0 Å². The number of nitrogens with zero attached hydrogens (tertiary/aromatic N) is 4. The molecule has 6 nitrogen and oxygen atoms in total. The third kappa shape index (κ3) is 1.45. The van der Waals surface area contributed by atoms with Crippen molar-refractivity contribution in [3.05, 3.63) is 10.4 Å². The first-order valence-electron chi connectivity index (χ1n) is 6.51. The third-order valence-electron chi connectivity index (χ3n) is 4.30. The van der Waals surface area contributed by atoms with Crippen LogP contribution in [0.25, 0.3) is 0 Å². The number of hydrogen-bond acceptors (Lipinski definition) is 4. The maximum atomic E-state index is 12.3. The maximum Gasteiger partial charge on any atom is 0.280 e. The fourth-order valence-corrected chi connectivity index (χ4v) is 3.71. The Kier molecular flexibility index (Phi) is 2.17. The number of aliphatic imine (C=N–C) groups is 1. The summed E-state index contributed by atoms with van der Waals surface area (Å²) in [5, 5.41) is 0. The standard InChI is InChI=1S/C12H14BrN5O/c1-17-9(19)7-8(15-10(13)14-7)18-6-12(16-11(17)18)4-2-3-5-12/h2-6H2,1H3,(H,14,15). The molecule has 1 spiro atoms. The molecular weight excluding hydrogens is 310 g/mol. The lowest BCUT2D eigenvalue weighted by Gasteiger charge is -2.30. The molecule has 1 fully saturated rings. The molecule has 0 bridgehead atoms. The van der Waals surface area contributed by atoms with Gasteiger partial charge in [0.1, 0.15) is 0 Å². The zero-order valence-electron chi connectivity index (χ0n) is 10.6. The molecule has 1 amide bonds. The van der Waals surface area contributed by atoms with Gasteiger partial charge in [0, 0.05) is 7.05 Å². The lowest BCUT2D eigenvalue weighted by atomic mass is 9.99. The van der Waals surface area contributed by atoms with Gasteiger partial charge in [-0.2, -0.15) is 0 Å². The van der Waals surface area contributed by atoms with E-state index in [0.29, 0.717) is 16.2 Å². The van der Waals surface area contributed by atoms with Crippen molar-refractivity contribution < 1.29 is 4.79 Å². The fraction of sp³-hybridized carbons (Fsp3) is 0.583. The van der Waals surface area contributed by atoms with Gasteiger partial charge in [-0.05, 0) is 28.8 Å². The monoisotopic (exact) mass is 323 g/mol. The van der Waals surface area contributed by atoms with Gasteiger partial charge >= 0.3 is 0 Å². The molecule has 1 aromatic rings. The Bertz CT molecular complexity index is 601. The number of amides is 1. The van der Waals surface area contributed by atoms with Crippen LogP contribution in [0.1, 0.15) is 36.2 Å². The summed E-state index contributed by atoms with van der Waals surface area (Å²) in [5.74, 6) is 1.38. The van der Waals surface area contributed by atoms with Gasteiger partial charge in [-0.25, -0.2) is 9.98 Å². The molecule has 3 heterocycles. The Balaban J connectivity index is 1.85. The molecule has 0 unspecified atom stereocenters. The number of guanidine groups is 1. The van der Waals surface area contributed by atoms with E-state index in [1.807, 2.05) is 0 Å². The number of aromatic amines is 1. The van der Waals surface area contributed by atoms with E-state index in [0.717, 1.165) is 25.3 Å². The first-order chi connectivity index (χ1) is 9.10. The van der Waals surface area contributed by atoms with Crippen molar-refractivity contribution in [2.24, 2.45) is 4.99 Å². The molecule has 0 aromatic carbocycles. The number of aromatic nitrogens is 2. The van der Waals surface area contributed by atoms with Crippen LogP contribution in [0, 0.1) is 0 Å². The van der Waals surface area contributed by atoms with Crippen molar-refractivity contribution in [3.8, 4) is 0 Å². The lowest BCUT2D eigenvalue weighted by molar-refractivity contribution is 0.0860. The molecule has 19 heavy (non-hydrogen) atoms. The number of carbonyl (C=O) groups excluding carboxylic acids is 1. The number of anilines is 1. The van der Waals surface area contributed by atoms with E-state index in [-0.39, 0.29) is 11.4 Å². The van der Waals surface area contributed by atoms with Gasteiger partial charge < -0.3 is 4.98 Å². The lowest BCUT2D eigenvalue weighted by Crippen LogP contribution is -2.48. The van der Waals surface area contributed by atoms with Crippen LogP contribution in [0.15, 0.2) is 9.73 Å². The minimum atomic E-state index is -0.0711. The highest BCUT2D eigenvalue weighted by molar-refractivity contribution is 9.10. The predicted octanol–water partition coefficient (Wildman–Crippen LogP) is 1.75. The summed E-state index contributed by atoms with van der Waals surface area (Å²) in [7, 11) is 1.78. The molecule has 100 valence electrons. The second kappa shape index (κ2) is 3.59. The van der Waals surface area contributed by atoms with Gasteiger partial charge in [0.05, 0.1) is 12.1 Å². The Morgan fingerprint density at radius 2 is 2.11 bits per heavy atom. The van der Waals surface area contributed by atoms with Crippen molar-refractivity contribution >= 4 is 33.6 Å². The van der Waals surface area contributed by atoms with Gasteiger partial charge in [0.15, 0.2) is 16.2 Å². The van der Waals surface area contributed by atoms with Crippen LogP contribution in [0.2, 0.25) is 0 Å². The quantitative estimate of drug-likeness (QED) is 0.791.